The molecule has 0 aliphatic heterocycles. The third-order valence-electron chi connectivity index (χ3n) is 3.43. The quantitative estimate of drug-likeness (QED) is 0.448. The number of carbonyl (C=O) groups excluding carboxylic acids is 3. The molecule has 0 spiro atoms. The minimum absolute atomic E-state index is 0.00465. The zero-order valence-electron chi connectivity index (χ0n) is 14.6. The molecule has 2 aromatic rings. The molecule has 0 bridgehead atoms. The van der Waals surface area contributed by atoms with Gasteiger partial charge in [-0.15, -0.1) is 0 Å². The van der Waals surface area contributed by atoms with Crippen molar-refractivity contribution in [1.29, 1.82) is 0 Å². The number of primary amides is 1. The number of ether oxygens (including phenoxy) is 2. The number of rotatable bonds is 9. The lowest BCUT2D eigenvalue weighted by Crippen LogP contribution is -2.54. The molecule has 27 heavy (non-hydrogen) atoms. The molecule has 1 atom stereocenters. The van der Waals surface area contributed by atoms with Gasteiger partial charge >= 0.3 is 6.09 Å². The fourth-order valence-electron chi connectivity index (χ4n) is 2.11. The molecule has 8 heteroatoms. The van der Waals surface area contributed by atoms with E-state index in [1.807, 2.05) is 24.3 Å². The second-order valence-corrected chi connectivity index (χ2v) is 5.49. The standard InChI is InChI=1S/C19H21N3O5/c20-17(23)16(22-19(25)27-13-14-7-3-1-4-8-14)18(24)21-11-12-26-15-9-5-2-6-10-15/h1-10,16H,11-13H2,(H2,20,23)(H,21,24)(H,22,25). The molecule has 2 rings (SSSR count). The summed E-state index contributed by atoms with van der Waals surface area (Å²) in [5.74, 6) is -1.08. The summed E-state index contributed by atoms with van der Waals surface area (Å²) in [5.41, 5.74) is 5.96. The summed E-state index contributed by atoms with van der Waals surface area (Å²) in [4.78, 5) is 35.3. The molecule has 0 heterocycles. The predicted octanol–water partition coefficient (Wildman–Crippen LogP) is 0.962. The van der Waals surface area contributed by atoms with Gasteiger partial charge in [-0.1, -0.05) is 48.5 Å². The van der Waals surface area contributed by atoms with Gasteiger partial charge in [0.15, 0.2) is 6.04 Å². The topological polar surface area (TPSA) is 120 Å². The van der Waals surface area contributed by atoms with Crippen molar-refractivity contribution in [1.82, 2.24) is 10.6 Å². The molecule has 1 unspecified atom stereocenters. The molecule has 142 valence electrons. The van der Waals surface area contributed by atoms with Crippen molar-refractivity contribution < 1.29 is 23.9 Å². The zero-order valence-corrected chi connectivity index (χ0v) is 14.6. The maximum absolute atomic E-state index is 12.1. The lowest BCUT2D eigenvalue weighted by atomic mass is 10.2. The summed E-state index contributed by atoms with van der Waals surface area (Å²) in [6.07, 6.45) is -0.918. The lowest BCUT2D eigenvalue weighted by molar-refractivity contribution is -0.130. The van der Waals surface area contributed by atoms with Crippen LogP contribution in [0.3, 0.4) is 0 Å². The number of amides is 3. The summed E-state index contributed by atoms with van der Waals surface area (Å²) >= 11 is 0. The van der Waals surface area contributed by atoms with E-state index in [-0.39, 0.29) is 19.8 Å². The minimum Gasteiger partial charge on any atom is -0.492 e. The summed E-state index contributed by atoms with van der Waals surface area (Å²) in [6.45, 7) is 0.336. The highest BCUT2D eigenvalue weighted by atomic mass is 16.5. The van der Waals surface area contributed by atoms with Gasteiger partial charge in [0.1, 0.15) is 19.0 Å². The molecule has 0 aliphatic rings. The van der Waals surface area contributed by atoms with E-state index < -0.39 is 23.9 Å². The summed E-state index contributed by atoms with van der Waals surface area (Å²) < 4.78 is 10.4. The SMILES string of the molecule is NC(=O)C(NC(=O)OCc1ccccc1)C(=O)NCCOc1ccccc1. The van der Waals surface area contributed by atoms with Crippen molar-refractivity contribution in [2.24, 2.45) is 5.73 Å². The van der Waals surface area contributed by atoms with Crippen LogP contribution in [0.1, 0.15) is 5.56 Å². The molecule has 0 saturated heterocycles. The van der Waals surface area contributed by atoms with Crippen LogP contribution in [0.5, 0.6) is 5.75 Å². The Balaban J connectivity index is 1.74. The maximum atomic E-state index is 12.1. The van der Waals surface area contributed by atoms with Crippen molar-refractivity contribution in [2.75, 3.05) is 13.2 Å². The molecule has 2 aromatic carbocycles. The second kappa shape index (κ2) is 10.4. The number of carbonyl (C=O) groups is 3. The van der Waals surface area contributed by atoms with E-state index in [2.05, 4.69) is 10.6 Å². The van der Waals surface area contributed by atoms with Crippen LogP contribution in [0.15, 0.2) is 60.7 Å². The van der Waals surface area contributed by atoms with E-state index in [4.69, 9.17) is 15.2 Å². The summed E-state index contributed by atoms with van der Waals surface area (Å²) in [6, 6.07) is 16.5. The van der Waals surface area contributed by atoms with Crippen molar-refractivity contribution in [3.63, 3.8) is 0 Å². The van der Waals surface area contributed by atoms with Gasteiger partial charge in [-0.25, -0.2) is 4.79 Å². The van der Waals surface area contributed by atoms with Gasteiger partial charge in [0.05, 0.1) is 6.54 Å². The average molecular weight is 371 g/mol. The van der Waals surface area contributed by atoms with Crippen LogP contribution in [0.2, 0.25) is 0 Å². The first-order valence-corrected chi connectivity index (χ1v) is 8.28. The molecule has 0 fully saturated rings. The predicted molar refractivity (Wildman–Crippen MR) is 97.7 cm³/mol. The third kappa shape index (κ3) is 7.07. The zero-order chi connectivity index (χ0) is 19.5. The molecular weight excluding hydrogens is 350 g/mol. The Hall–Kier alpha value is -3.55. The monoisotopic (exact) mass is 371 g/mol. The highest BCUT2D eigenvalue weighted by molar-refractivity contribution is 6.05. The van der Waals surface area contributed by atoms with E-state index in [1.165, 1.54) is 0 Å². The first-order valence-electron chi connectivity index (χ1n) is 8.28. The van der Waals surface area contributed by atoms with Gasteiger partial charge < -0.3 is 25.8 Å². The number of hydrogen-bond donors (Lipinski definition) is 3. The normalized spacial score (nSPS) is 11.1. The lowest BCUT2D eigenvalue weighted by Gasteiger charge is -2.15. The first-order chi connectivity index (χ1) is 13.1. The molecule has 8 nitrogen and oxygen atoms in total. The smallest absolute Gasteiger partial charge is 0.408 e. The Labute approximate surface area is 156 Å². The number of hydrogen-bond acceptors (Lipinski definition) is 5. The Kier molecular flexibility index (Phi) is 7.65. The second-order valence-electron chi connectivity index (χ2n) is 5.49. The van der Waals surface area contributed by atoms with Gasteiger partial charge in [0.2, 0.25) is 5.91 Å². The van der Waals surface area contributed by atoms with E-state index in [9.17, 15) is 14.4 Å². The van der Waals surface area contributed by atoms with Crippen LogP contribution < -0.4 is 21.1 Å². The fraction of sp³-hybridized carbons (Fsp3) is 0.211. The molecule has 3 amide bonds. The molecular formula is C19H21N3O5. The van der Waals surface area contributed by atoms with Crippen molar-refractivity contribution in [2.45, 2.75) is 12.6 Å². The summed E-state index contributed by atoms with van der Waals surface area (Å²) in [5, 5.41) is 4.63. The number of benzene rings is 2. The molecule has 0 saturated carbocycles. The number of alkyl carbamates (subject to hydrolysis) is 1. The van der Waals surface area contributed by atoms with Gasteiger partial charge in [0.25, 0.3) is 5.91 Å². The van der Waals surface area contributed by atoms with Crippen LogP contribution in [-0.4, -0.2) is 37.1 Å². The Morgan fingerprint density at radius 3 is 2.22 bits per heavy atom. The first kappa shape index (κ1) is 19.8. The van der Waals surface area contributed by atoms with Gasteiger partial charge in [-0.2, -0.15) is 0 Å². The minimum atomic E-state index is -1.54. The van der Waals surface area contributed by atoms with Crippen LogP contribution in [0, 0.1) is 0 Å². The third-order valence-corrected chi connectivity index (χ3v) is 3.43. The van der Waals surface area contributed by atoms with E-state index in [0.29, 0.717) is 5.75 Å². The number of para-hydroxylation sites is 1. The highest BCUT2D eigenvalue weighted by Gasteiger charge is 2.26. The molecule has 0 radical (unpaired) electrons. The van der Waals surface area contributed by atoms with E-state index >= 15 is 0 Å². The van der Waals surface area contributed by atoms with Crippen LogP contribution >= 0.6 is 0 Å². The molecule has 0 aliphatic carbocycles. The average Bonchev–Trinajstić information content (AvgIpc) is 2.69. The number of nitrogens with two attached hydrogens (primary N) is 1. The van der Waals surface area contributed by atoms with Gasteiger partial charge in [-0.05, 0) is 17.7 Å². The van der Waals surface area contributed by atoms with E-state index in [0.717, 1.165) is 5.56 Å². The van der Waals surface area contributed by atoms with Crippen molar-refractivity contribution >= 4 is 17.9 Å². The fourth-order valence-corrected chi connectivity index (χ4v) is 2.11. The van der Waals surface area contributed by atoms with Crippen LogP contribution in [0.4, 0.5) is 4.79 Å². The largest absolute Gasteiger partial charge is 0.492 e. The van der Waals surface area contributed by atoms with E-state index in [1.54, 1.807) is 36.4 Å². The summed E-state index contributed by atoms with van der Waals surface area (Å²) in [7, 11) is 0. The van der Waals surface area contributed by atoms with Crippen LogP contribution in [-0.2, 0) is 20.9 Å². The van der Waals surface area contributed by atoms with Crippen molar-refractivity contribution in [3.8, 4) is 5.75 Å². The highest BCUT2D eigenvalue weighted by Crippen LogP contribution is 2.07. The van der Waals surface area contributed by atoms with Gasteiger partial charge in [-0.3, -0.25) is 9.59 Å². The molecule has 0 aromatic heterocycles. The van der Waals surface area contributed by atoms with Crippen molar-refractivity contribution in [3.05, 3.63) is 66.2 Å². The Morgan fingerprint density at radius 1 is 0.963 bits per heavy atom. The maximum Gasteiger partial charge on any atom is 0.408 e. The number of nitrogens with one attached hydrogen (secondary N) is 2. The molecule has 4 N–H and O–H groups in total. The van der Waals surface area contributed by atoms with Gasteiger partial charge in [0, 0.05) is 0 Å². The Morgan fingerprint density at radius 2 is 1.59 bits per heavy atom. The van der Waals surface area contributed by atoms with Crippen LogP contribution in [0.25, 0.3) is 0 Å². The Bertz CT molecular complexity index is 752.